The summed E-state index contributed by atoms with van der Waals surface area (Å²) in [6, 6.07) is 31.2. The summed E-state index contributed by atoms with van der Waals surface area (Å²) >= 11 is 7.17. The molecule has 0 atom stereocenters. The lowest BCUT2D eigenvalue weighted by Gasteiger charge is -2.45. The first-order valence-electron chi connectivity index (χ1n) is 12.8. The molecule has 2 heteroatoms. The molecule has 0 unspecified atom stereocenters. The summed E-state index contributed by atoms with van der Waals surface area (Å²) in [4.78, 5) is 0. The van der Waals surface area contributed by atoms with Crippen molar-refractivity contribution in [2.75, 3.05) is 0 Å². The minimum absolute atomic E-state index is 0.214. The van der Waals surface area contributed by atoms with Crippen LogP contribution in [-0.2, 0) is 12.8 Å². The first-order valence-corrected chi connectivity index (χ1v) is 14.4. The van der Waals surface area contributed by atoms with Crippen molar-refractivity contribution in [3.05, 3.63) is 127 Å². The van der Waals surface area contributed by atoms with Gasteiger partial charge >= 0.3 is 0 Å². The minimum Gasteiger partial charge on any atom is -0.0613 e. The van der Waals surface area contributed by atoms with Gasteiger partial charge in [0.05, 0.1) is 0 Å². The quantitative estimate of drug-likeness (QED) is 0.221. The van der Waals surface area contributed by atoms with Crippen LogP contribution in [0.5, 0.6) is 0 Å². The molecule has 1 fully saturated rings. The molecule has 1 saturated carbocycles. The maximum atomic E-state index is 3.59. The van der Waals surface area contributed by atoms with E-state index in [0.717, 1.165) is 21.8 Å². The summed E-state index contributed by atoms with van der Waals surface area (Å²) in [6.07, 6.45) is 11.1. The summed E-state index contributed by atoms with van der Waals surface area (Å²) in [6.45, 7) is 0. The van der Waals surface area contributed by atoms with Crippen LogP contribution in [0.1, 0.15) is 41.5 Å². The number of hydrogen-bond donors (Lipinski definition) is 0. The van der Waals surface area contributed by atoms with Crippen molar-refractivity contribution in [2.45, 2.75) is 32.1 Å². The summed E-state index contributed by atoms with van der Waals surface area (Å²) in [7, 11) is 0. The van der Waals surface area contributed by atoms with E-state index in [1.165, 1.54) is 63.8 Å². The van der Waals surface area contributed by atoms with Gasteiger partial charge in [0.1, 0.15) is 0 Å². The van der Waals surface area contributed by atoms with E-state index >= 15 is 0 Å². The Kier molecular flexibility index (Phi) is 5.45. The number of allylic oxidation sites excluding steroid dienone is 2. The summed E-state index contributed by atoms with van der Waals surface area (Å²) < 4.78 is 2.25. The molecule has 0 radical (unpaired) electrons. The fourth-order valence-electron chi connectivity index (χ4n) is 6.49. The average Bonchev–Trinajstić information content (AvgIpc) is 3.49. The molecule has 7 rings (SSSR count). The van der Waals surface area contributed by atoms with E-state index in [-0.39, 0.29) is 5.41 Å². The summed E-state index contributed by atoms with van der Waals surface area (Å²) in [5.41, 5.74) is 14.5. The van der Waals surface area contributed by atoms with Crippen molar-refractivity contribution < 1.29 is 0 Å². The topological polar surface area (TPSA) is 0 Å². The largest absolute Gasteiger partial charge is 0.0613 e. The molecule has 0 amide bonds. The van der Waals surface area contributed by atoms with Crippen molar-refractivity contribution in [2.24, 2.45) is 5.41 Å². The van der Waals surface area contributed by atoms with Gasteiger partial charge in [-0.15, -0.1) is 0 Å². The number of hydrogen-bond acceptors (Lipinski definition) is 0. The Morgan fingerprint density at radius 3 is 1.36 bits per heavy atom. The smallest absolute Gasteiger partial charge is 0.0175 e. The second-order valence-corrected chi connectivity index (χ2v) is 12.2. The second-order valence-electron chi connectivity index (χ2n) is 10.4. The Morgan fingerprint density at radius 2 is 0.972 bits per heavy atom. The molecule has 0 spiro atoms. The lowest BCUT2D eigenvalue weighted by Crippen LogP contribution is -2.34. The Morgan fingerprint density at radius 1 is 0.528 bits per heavy atom. The first-order chi connectivity index (χ1) is 17.6. The van der Waals surface area contributed by atoms with Crippen LogP contribution in [-0.4, -0.2) is 0 Å². The summed E-state index contributed by atoms with van der Waals surface area (Å²) in [5, 5.41) is 0. The third kappa shape index (κ3) is 3.61. The summed E-state index contributed by atoms with van der Waals surface area (Å²) in [5.74, 6) is 0. The molecular formula is C34H26Br2. The Labute approximate surface area is 230 Å². The van der Waals surface area contributed by atoms with E-state index in [2.05, 4.69) is 129 Å². The van der Waals surface area contributed by atoms with Gasteiger partial charge < -0.3 is 0 Å². The van der Waals surface area contributed by atoms with E-state index in [1.54, 1.807) is 11.1 Å². The normalized spacial score (nSPS) is 17.2. The number of fused-ring (bicyclic) bond motifs is 2. The van der Waals surface area contributed by atoms with Crippen molar-refractivity contribution >= 4 is 44.0 Å². The third-order valence-corrected chi connectivity index (χ3v) is 9.60. The highest BCUT2D eigenvalue weighted by Crippen LogP contribution is 2.58. The average molecular weight is 594 g/mol. The molecule has 3 aliphatic rings. The maximum Gasteiger partial charge on any atom is 0.0175 e. The zero-order valence-corrected chi connectivity index (χ0v) is 23.2. The van der Waals surface area contributed by atoms with Crippen LogP contribution < -0.4 is 0 Å². The van der Waals surface area contributed by atoms with Crippen LogP contribution in [0.25, 0.3) is 34.4 Å². The second kappa shape index (κ2) is 8.71. The fraction of sp³-hybridized carbons (Fsp3) is 0.176. The number of halogens is 2. The van der Waals surface area contributed by atoms with Crippen molar-refractivity contribution in [3.8, 4) is 22.3 Å². The van der Waals surface area contributed by atoms with Crippen molar-refractivity contribution in [1.29, 1.82) is 0 Å². The van der Waals surface area contributed by atoms with Gasteiger partial charge in [-0.1, -0.05) is 122 Å². The third-order valence-electron chi connectivity index (χ3n) is 8.54. The SMILES string of the molecule is Brc1ccc(-c2cccc3c2C=C(C2(C4=Cc5c(cccc5-c5ccc(Br)cc5)C4)CCC2)C3)cc1. The van der Waals surface area contributed by atoms with Crippen LogP contribution in [0.15, 0.2) is 105 Å². The molecule has 36 heavy (non-hydrogen) atoms. The fourth-order valence-corrected chi connectivity index (χ4v) is 7.02. The van der Waals surface area contributed by atoms with E-state index in [1.807, 2.05) is 0 Å². The molecule has 0 nitrogen and oxygen atoms in total. The Hall–Kier alpha value is -2.68. The Bertz CT molecular complexity index is 1430. The van der Waals surface area contributed by atoms with E-state index < -0.39 is 0 Å². The van der Waals surface area contributed by atoms with Crippen LogP contribution >= 0.6 is 31.9 Å². The molecular weight excluding hydrogens is 568 g/mol. The van der Waals surface area contributed by atoms with Crippen molar-refractivity contribution in [1.82, 2.24) is 0 Å². The van der Waals surface area contributed by atoms with Gasteiger partial charge in [-0.2, -0.15) is 0 Å². The van der Waals surface area contributed by atoms with Gasteiger partial charge in [0.15, 0.2) is 0 Å². The minimum atomic E-state index is 0.214. The molecule has 4 aromatic rings. The molecule has 0 N–H and O–H groups in total. The lowest BCUT2D eigenvalue weighted by molar-refractivity contribution is 0.235. The molecule has 4 aromatic carbocycles. The molecule has 0 heterocycles. The molecule has 3 aliphatic carbocycles. The van der Waals surface area contributed by atoms with Gasteiger partial charge in [0, 0.05) is 14.4 Å². The predicted octanol–water partition coefficient (Wildman–Crippen LogP) is 10.3. The highest BCUT2D eigenvalue weighted by molar-refractivity contribution is 9.10. The Balaban J connectivity index is 1.28. The predicted molar refractivity (Wildman–Crippen MR) is 159 cm³/mol. The van der Waals surface area contributed by atoms with Crippen LogP contribution in [0.3, 0.4) is 0 Å². The molecule has 0 aromatic heterocycles. The first kappa shape index (κ1) is 22.5. The van der Waals surface area contributed by atoms with Gasteiger partial charge in [0.25, 0.3) is 0 Å². The van der Waals surface area contributed by atoms with Gasteiger partial charge in [-0.25, -0.2) is 0 Å². The van der Waals surface area contributed by atoms with E-state index in [9.17, 15) is 0 Å². The highest BCUT2D eigenvalue weighted by Gasteiger charge is 2.45. The monoisotopic (exact) mass is 592 g/mol. The standard InChI is InChI=1S/C34H26Br2/c35-28-12-8-22(9-13-28)30-6-1-4-24-18-26(20-32(24)30)34(16-3-17-34)27-19-25-5-2-7-31(33(25)21-27)23-10-14-29(36)15-11-23/h1-2,4-15,20-21H,3,16-19H2. The molecule has 176 valence electrons. The zero-order chi connectivity index (χ0) is 24.3. The lowest BCUT2D eigenvalue weighted by atomic mass is 9.59. The van der Waals surface area contributed by atoms with Crippen molar-refractivity contribution in [3.63, 3.8) is 0 Å². The maximum absolute atomic E-state index is 3.59. The van der Waals surface area contributed by atoms with E-state index in [0.29, 0.717) is 0 Å². The molecule has 0 saturated heterocycles. The van der Waals surface area contributed by atoms with Gasteiger partial charge in [-0.05, 0) is 94.5 Å². The molecule has 0 aliphatic heterocycles. The number of benzene rings is 4. The van der Waals surface area contributed by atoms with Crippen LogP contribution in [0.2, 0.25) is 0 Å². The van der Waals surface area contributed by atoms with Crippen LogP contribution in [0, 0.1) is 5.41 Å². The van der Waals surface area contributed by atoms with Crippen LogP contribution in [0.4, 0.5) is 0 Å². The van der Waals surface area contributed by atoms with Gasteiger partial charge in [0.2, 0.25) is 0 Å². The number of rotatable bonds is 4. The van der Waals surface area contributed by atoms with E-state index in [4.69, 9.17) is 0 Å². The molecule has 0 bridgehead atoms. The highest BCUT2D eigenvalue weighted by atomic mass is 79.9. The van der Waals surface area contributed by atoms with Gasteiger partial charge in [-0.3, -0.25) is 0 Å². The zero-order valence-electron chi connectivity index (χ0n) is 20.0.